The van der Waals surface area contributed by atoms with Crippen LogP contribution >= 0.6 is 11.6 Å². The molecule has 1 aliphatic heterocycles. The zero-order valence-electron chi connectivity index (χ0n) is 14.6. The third kappa shape index (κ3) is 4.15. The predicted molar refractivity (Wildman–Crippen MR) is 100 cm³/mol. The number of aliphatic hydroxyl groups is 1. The average molecular weight is 391 g/mol. The zero-order valence-corrected chi connectivity index (χ0v) is 15.4. The van der Waals surface area contributed by atoms with E-state index in [-0.39, 0.29) is 12.2 Å². The molecule has 1 atom stereocenters. The van der Waals surface area contributed by atoms with E-state index in [1.165, 1.54) is 13.2 Å². The lowest BCUT2D eigenvalue weighted by atomic mass is 9.88. The Morgan fingerprint density at radius 2 is 2.04 bits per heavy atom. The van der Waals surface area contributed by atoms with E-state index in [4.69, 9.17) is 21.1 Å². The molecule has 0 unspecified atom stereocenters. The van der Waals surface area contributed by atoms with Crippen molar-refractivity contribution in [1.29, 1.82) is 0 Å². The molecule has 3 rings (SSSR count). The van der Waals surface area contributed by atoms with E-state index in [1.807, 2.05) is 0 Å². The van der Waals surface area contributed by atoms with Crippen LogP contribution in [-0.4, -0.2) is 37.2 Å². The molecule has 0 radical (unpaired) electrons. The summed E-state index contributed by atoms with van der Waals surface area (Å²) in [5.74, 6) is -0.833. The fourth-order valence-electron chi connectivity index (χ4n) is 2.89. The molecule has 8 heteroatoms. The van der Waals surface area contributed by atoms with Crippen molar-refractivity contribution in [3.05, 3.63) is 53.1 Å². The minimum Gasteiger partial charge on any atom is -0.495 e. The summed E-state index contributed by atoms with van der Waals surface area (Å²) in [6, 6.07) is 11.7. The molecule has 0 saturated carbocycles. The highest BCUT2D eigenvalue weighted by Crippen LogP contribution is 2.36. The number of ether oxygens (including phenoxy) is 2. The summed E-state index contributed by atoms with van der Waals surface area (Å²) in [6.07, 6.45) is 0.300. The Hall–Kier alpha value is -2.77. The molecule has 0 aromatic heterocycles. The fraction of sp³-hybridized carbons (Fsp3) is 0.263. The van der Waals surface area contributed by atoms with Crippen LogP contribution in [0.2, 0.25) is 5.02 Å². The van der Waals surface area contributed by atoms with Gasteiger partial charge in [0, 0.05) is 17.0 Å². The van der Waals surface area contributed by atoms with Gasteiger partial charge in [0.1, 0.15) is 17.1 Å². The molecule has 142 valence electrons. The van der Waals surface area contributed by atoms with Crippen LogP contribution in [0.4, 0.5) is 5.69 Å². The molecule has 27 heavy (non-hydrogen) atoms. The minimum atomic E-state index is -1.31. The first-order valence-electron chi connectivity index (χ1n) is 8.30. The fourth-order valence-corrected chi connectivity index (χ4v) is 3.06. The van der Waals surface area contributed by atoms with Crippen LogP contribution in [-0.2, 0) is 15.2 Å². The lowest BCUT2D eigenvalue weighted by molar-refractivity contribution is -0.137. The number of halogens is 1. The summed E-state index contributed by atoms with van der Waals surface area (Å²) in [4.78, 5) is 24.4. The number of methoxy groups -OCH3 is 1. The summed E-state index contributed by atoms with van der Waals surface area (Å²) >= 11 is 5.91. The molecule has 0 spiro atoms. The summed E-state index contributed by atoms with van der Waals surface area (Å²) < 4.78 is 10.6. The van der Waals surface area contributed by atoms with Crippen molar-refractivity contribution in [3.8, 4) is 11.5 Å². The lowest BCUT2D eigenvalue weighted by Gasteiger charge is -2.34. The van der Waals surface area contributed by atoms with Gasteiger partial charge in [0.05, 0.1) is 25.9 Å². The van der Waals surface area contributed by atoms with Crippen LogP contribution < -0.4 is 20.1 Å². The van der Waals surface area contributed by atoms with Gasteiger partial charge in [0.2, 0.25) is 0 Å². The maximum Gasteiger partial charge on any atom is 0.313 e. The van der Waals surface area contributed by atoms with E-state index in [2.05, 4.69) is 10.6 Å². The number of hydrogen-bond acceptors (Lipinski definition) is 5. The predicted octanol–water partition coefficient (Wildman–Crippen LogP) is 2.07. The first-order valence-corrected chi connectivity index (χ1v) is 8.68. The Kier molecular flexibility index (Phi) is 5.53. The molecule has 0 bridgehead atoms. The number of amides is 2. The van der Waals surface area contributed by atoms with E-state index in [9.17, 15) is 14.7 Å². The van der Waals surface area contributed by atoms with E-state index in [1.54, 1.807) is 36.4 Å². The summed E-state index contributed by atoms with van der Waals surface area (Å²) in [5.41, 5.74) is -0.452. The highest BCUT2D eigenvalue weighted by molar-refractivity contribution is 6.40. The number of fused-ring (bicyclic) bond motifs is 1. The lowest BCUT2D eigenvalue weighted by Crippen LogP contribution is -2.46. The van der Waals surface area contributed by atoms with Crippen molar-refractivity contribution < 1.29 is 24.2 Å². The van der Waals surface area contributed by atoms with E-state index >= 15 is 0 Å². The quantitative estimate of drug-likeness (QED) is 0.694. The monoisotopic (exact) mass is 390 g/mol. The number of rotatable bonds is 4. The molecule has 1 heterocycles. The van der Waals surface area contributed by atoms with Crippen molar-refractivity contribution in [2.24, 2.45) is 0 Å². The molecule has 0 saturated heterocycles. The van der Waals surface area contributed by atoms with Crippen molar-refractivity contribution in [2.75, 3.05) is 25.6 Å². The van der Waals surface area contributed by atoms with Gasteiger partial charge in [-0.1, -0.05) is 29.8 Å². The van der Waals surface area contributed by atoms with E-state index < -0.39 is 17.4 Å². The van der Waals surface area contributed by atoms with Crippen LogP contribution in [0.25, 0.3) is 0 Å². The first kappa shape index (κ1) is 19.0. The maximum atomic E-state index is 12.2. The molecule has 7 nitrogen and oxygen atoms in total. The Morgan fingerprint density at radius 1 is 1.26 bits per heavy atom. The second-order valence-electron chi connectivity index (χ2n) is 6.11. The maximum absolute atomic E-state index is 12.2. The van der Waals surface area contributed by atoms with Gasteiger partial charge in [-0.3, -0.25) is 9.59 Å². The molecule has 0 fully saturated rings. The van der Waals surface area contributed by atoms with Crippen molar-refractivity contribution >= 4 is 29.1 Å². The van der Waals surface area contributed by atoms with Crippen LogP contribution in [0, 0.1) is 0 Å². The van der Waals surface area contributed by atoms with Crippen LogP contribution in [0.1, 0.15) is 12.0 Å². The Labute approximate surface area is 161 Å². The second kappa shape index (κ2) is 7.85. The van der Waals surface area contributed by atoms with Crippen LogP contribution in [0.15, 0.2) is 42.5 Å². The molecule has 2 amide bonds. The normalized spacial score (nSPS) is 18.0. The van der Waals surface area contributed by atoms with Gasteiger partial charge in [-0.05, 0) is 24.3 Å². The Balaban J connectivity index is 1.66. The number of nitrogens with one attached hydrogen (secondary N) is 2. The van der Waals surface area contributed by atoms with Gasteiger partial charge in [-0.2, -0.15) is 0 Å². The molecule has 3 N–H and O–H groups in total. The minimum absolute atomic E-state index is 0.119. The first-order chi connectivity index (χ1) is 12.9. The molecule has 0 aliphatic carbocycles. The van der Waals surface area contributed by atoms with Gasteiger partial charge in [-0.25, -0.2) is 0 Å². The SMILES string of the molecule is COc1ccc(Cl)cc1NC(=O)C(=O)NC[C@]1(O)CCOc2ccccc21. The standard InChI is InChI=1S/C19H19ClN2O5/c1-26-16-7-6-12(20)10-14(16)22-18(24)17(23)21-11-19(25)8-9-27-15-5-3-2-4-13(15)19/h2-7,10,25H,8-9,11H2,1H3,(H,21,23)(H,22,24)/t19-/m1/s1. The smallest absolute Gasteiger partial charge is 0.313 e. The second-order valence-corrected chi connectivity index (χ2v) is 6.54. The van der Waals surface area contributed by atoms with Gasteiger partial charge in [-0.15, -0.1) is 0 Å². The van der Waals surface area contributed by atoms with E-state index in [0.29, 0.717) is 35.1 Å². The molecular formula is C19H19ClN2O5. The highest BCUT2D eigenvalue weighted by Gasteiger charge is 2.36. The average Bonchev–Trinajstić information content (AvgIpc) is 2.67. The number of anilines is 1. The molecular weight excluding hydrogens is 372 g/mol. The van der Waals surface area contributed by atoms with Gasteiger partial charge in [0.25, 0.3) is 0 Å². The molecule has 2 aromatic rings. The largest absolute Gasteiger partial charge is 0.495 e. The molecule has 2 aromatic carbocycles. The Morgan fingerprint density at radius 3 is 2.81 bits per heavy atom. The van der Waals surface area contributed by atoms with Crippen molar-refractivity contribution in [3.63, 3.8) is 0 Å². The number of benzene rings is 2. The number of para-hydroxylation sites is 1. The number of carbonyl (C=O) groups is 2. The van der Waals surface area contributed by atoms with Gasteiger partial charge >= 0.3 is 11.8 Å². The highest BCUT2D eigenvalue weighted by atomic mass is 35.5. The summed E-state index contributed by atoms with van der Waals surface area (Å²) in [6.45, 7) is 0.196. The van der Waals surface area contributed by atoms with Crippen LogP contribution in [0.5, 0.6) is 11.5 Å². The summed E-state index contributed by atoms with van der Waals surface area (Å²) in [5, 5.41) is 16.2. The zero-order chi connectivity index (χ0) is 19.4. The van der Waals surface area contributed by atoms with Crippen LogP contribution in [0.3, 0.4) is 0 Å². The Bertz CT molecular complexity index is 873. The number of carbonyl (C=O) groups excluding carboxylic acids is 2. The summed E-state index contributed by atoms with van der Waals surface area (Å²) in [7, 11) is 1.44. The van der Waals surface area contributed by atoms with Gasteiger partial charge < -0.3 is 25.2 Å². The van der Waals surface area contributed by atoms with Crippen molar-refractivity contribution in [1.82, 2.24) is 5.32 Å². The molecule has 1 aliphatic rings. The van der Waals surface area contributed by atoms with Crippen molar-refractivity contribution in [2.45, 2.75) is 12.0 Å². The van der Waals surface area contributed by atoms with Gasteiger partial charge in [0.15, 0.2) is 0 Å². The third-order valence-electron chi connectivity index (χ3n) is 4.32. The van der Waals surface area contributed by atoms with E-state index in [0.717, 1.165) is 0 Å². The topological polar surface area (TPSA) is 96.9 Å². The third-order valence-corrected chi connectivity index (χ3v) is 4.55. The number of hydrogen-bond donors (Lipinski definition) is 3.